The Hall–Kier alpha value is -2.31. The van der Waals surface area contributed by atoms with Crippen LogP contribution < -0.4 is 14.9 Å². The Balaban J connectivity index is 1.61. The molecule has 0 aromatic heterocycles. The average molecular weight is 367 g/mol. The van der Waals surface area contributed by atoms with Gasteiger partial charge in [0.25, 0.3) is 0 Å². The third-order valence-corrected chi connectivity index (χ3v) is 4.68. The molecule has 2 heterocycles. The topological polar surface area (TPSA) is 83.3 Å². The standard InChI is InChI=1S/C16H12Cl2N2O4/c17-9-4-8(15(21)14(18)16(9)22)11-5-10(19-20-11)7-1-2-12-13(3-7)24-6-23-12/h1-4,10,19,21-22H,5-6H2. The van der Waals surface area contributed by atoms with Crippen LogP contribution in [0.4, 0.5) is 0 Å². The minimum atomic E-state index is -0.349. The highest BCUT2D eigenvalue weighted by Crippen LogP contribution is 2.43. The van der Waals surface area contributed by atoms with Crippen molar-refractivity contribution in [1.82, 2.24) is 5.43 Å². The van der Waals surface area contributed by atoms with Crippen LogP contribution >= 0.6 is 23.2 Å². The zero-order valence-corrected chi connectivity index (χ0v) is 13.7. The van der Waals surface area contributed by atoms with Crippen molar-refractivity contribution in [3.8, 4) is 23.0 Å². The van der Waals surface area contributed by atoms with Crippen molar-refractivity contribution >= 4 is 28.9 Å². The maximum absolute atomic E-state index is 10.2. The number of phenolic OH excluding ortho intramolecular Hbond substituents is 2. The molecule has 0 fully saturated rings. The smallest absolute Gasteiger partial charge is 0.231 e. The molecule has 0 aliphatic carbocycles. The predicted molar refractivity (Wildman–Crippen MR) is 89.4 cm³/mol. The van der Waals surface area contributed by atoms with E-state index in [4.69, 9.17) is 32.7 Å². The van der Waals surface area contributed by atoms with Crippen LogP contribution in [0, 0.1) is 0 Å². The number of phenols is 2. The summed E-state index contributed by atoms with van der Waals surface area (Å²) in [6, 6.07) is 7.04. The summed E-state index contributed by atoms with van der Waals surface area (Å²) in [6.07, 6.45) is 0.518. The average Bonchev–Trinajstić information content (AvgIpc) is 3.24. The van der Waals surface area contributed by atoms with Crippen molar-refractivity contribution in [2.45, 2.75) is 12.5 Å². The van der Waals surface area contributed by atoms with Gasteiger partial charge in [-0.1, -0.05) is 29.3 Å². The number of fused-ring (bicyclic) bond motifs is 1. The fraction of sp³-hybridized carbons (Fsp3) is 0.188. The lowest BCUT2D eigenvalue weighted by atomic mass is 9.98. The number of hydrogen-bond acceptors (Lipinski definition) is 6. The molecule has 2 aromatic carbocycles. The quantitative estimate of drug-likeness (QED) is 0.756. The van der Waals surface area contributed by atoms with Crippen molar-refractivity contribution in [3.63, 3.8) is 0 Å². The molecule has 0 saturated heterocycles. The first kappa shape index (κ1) is 15.2. The number of halogens is 2. The second kappa shape index (κ2) is 5.65. The van der Waals surface area contributed by atoms with E-state index in [1.54, 1.807) is 0 Å². The molecule has 2 aliphatic heterocycles. The van der Waals surface area contributed by atoms with Crippen molar-refractivity contribution in [1.29, 1.82) is 0 Å². The van der Waals surface area contributed by atoms with E-state index in [-0.39, 0.29) is 34.4 Å². The number of nitrogens with zero attached hydrogens (tertiary/aromatic N) is 1. The van der Waals surface area contributed by atoms with Gasteiger partial charge in [0.1, 0.15) is 10.8 Å². The van der Waals surface area contributed by atoms with Gasteiger partial charge in [-0.15, -0.1) is 0 Å². The summed E-state index contributed by atoms with van der Waals surface area (Å²) in [6.45, 7) is 0.219. The van der Waals surface area contributed by atoms with Crippen LogP contribution in [0.5, 0.6) is 23.0 Å². The molecule has 1 atom stereocenters. The van der Waals surface area contributed by atoms with Gasteiger partial charge in [-0.2, -0.15) is 5.10 Å². The van der Waals surface area contributed by atoms with Gasteiger partial charge in [0, 0.05) is 12.0 Å². The lowest BCUT2D eigenvalue weighted by molar-refractivity contribution is 0.174. The van der Waals surface area contributed by atoms with Gasteiger partial charge in [-0.3, -0.25) is 0 Å². The zero-order chi connectivity index (χ0) is 16.8. The molecule has 0 radical (unpaired) electrons. The first-order valence-electron chi connectivity index (χ1n) is 7.16. The molecule has 3 N–H and O–H groups in total. The number of nitrogens with one attached hydrogen (secondary N) is 1. The fourth-order valence-electron chi connectivity index (χ4n) is 2.75. The van der Waals surface area contributed by atoms with E-state index in [1.807, 2.05) is 18.2 Å². The highest BCUT2D eigenvalue weighted by atomic mass is 35.5. The van der Waals surface area contributed by atoms with Crippen LogP contribution in [0.2, 0.25) is 10.0 Å². The van der Waals surface area contributed by atoms with E-state index < -0.39 is 0 Å². The van der Waals surface area contributed by atoms with Gasteiger partial charge in [0.15, 0.2) is 17.2 Å². The highest BCUT2D eigenvalue weighted by Gasteiger charge is 2.27. The van der Waals surface area contributed by atoms with Crippen LogP contribution in [-0.4, -0.2) is 22.7 Å². The molecule has 1 unspecified atom stereocenters. The molecule has 0 amide bonds. The Bertz CT molecular complexity index is 870. The Morgan fingerprint density at radius 1 is 1.08 bits per heavy atom. The molecule has 8 heteroatoms. The second-order valence-electron chi connectivity index (χ2n) is 5.47. The summed E-state index contributed by atoms with van der Waals surface area (Å²) < 4.78 is 10.7. The van der Waals surface area contributed by atoms with E-state index in [0.717, 1.165) is 5.56 Å². The van der Waals surface area contributed by atoms with Crippen molar-refractivity contribution < 1.29 is 19.7 Å². The Morgan fingerprint density at radius 2 is 1.88 bits per heavy atom. The van der Waals surface area contributed by atoms with Gasteiger partial charge >= 0.3 is 0 Å². The molecule has 2 aromatic rings. The first-order chi connectivity index (χ1) is 11.5. The molecule has 4 rings (SSSR count). The summed E-state index contributed by atoms with van der Waals surface area (Å²) in [4.78, 5) is 0. The van der Waals surface area contributed by atoms with E-state index in [9.17, 15) is 10.2 Å². The third-order valence-electron chi connectivity index (χ3n) is 4.03. The minimum Gasteiger partial charge on any atom is -0.506 e. The molecule has 0 saturated carbocycles. The van der Waals surface area contributed by atoms with Crippen LogP contribution in [-0.2, 0) is 0 Å². The molecule has 6 nitrogen and oxygen atoms in total. The molecule has 24 heavy (non-hydrogen) atoms. The summed E-state index contributed by atoms with van der Waals surface area (Å²) in [5.74, 6) is 0.817. The largest absolute Gasteiger partial charge is 0.506 e. The summed E-state index contributed by atoms with van der Waals surface area (Å²) >= 11 is 11.8. The third kappa shape index (κ3) is 2.39. The fourth-order valence-corrected chi connectivity index (χ4v) is 3.21. The molecular weight excluding hydrogens is 355 g/mol. The minimum absolute atomic E-state index is 0.0574. The summed E-state index contributed by atoms with van der Waals surface area (Å²) in [7, 11) is 0. The SMILES string of the molecule is Oc1c(Cl)cc(C2=NNC(c3ccc4c(c3)OCO4)C2)c(O)c1Cl. The van der Waals surface area contributed by atoms with Crippen LogP contribution in [0.3, 0.4) is 0 Å². The molecular formula is C16H12Cl2N2O4. The molecule has 124 valence electrons. The van der Waals surface area contributed by atoms with Gasteiger partial charge < -0.3 is 25.1 Å². The van der Waals surface area contributed by atoms with E-state index in [0.29, 0.717) is 29.2 Å². The Labute approximate surface area is 147 Å². The van der Waals surface area contributed by atoms with Gasteiger partial charge in [-0.05, 0) is 23.8 Å². The van der Waals surface area contributed by atoms with Crippen LogP contribution in [0.25, 0.3) is 0 Å². The Kier molecular flexibility index (Phi) is 3.58. The van der Waals surface area contributed by atoms with E-state index in [2.05, 4.69) is 10.5 Å². The molecule has 0 bridgehead atoms. The number of rotatable bonds is 2. The van der Waals surface area contributed by atoms with Crippen molar-refractivity contribution in [2.24, 2.45) is 5.10 Å². The van der Waals surface area contributed by atoms with E-state index >= 15 is 0 Å². The maximum atomic E-state index is 10.2. The van der Waals surface area contributed by atoms with Crippen LogP contribution in [0.1, 0.15) is 23.6 Å². The number of aromatic hydroxyl groups is 2. The zero-order valence-electron chi connectivity index (χ0n) is 12.2. The number of hydrazone groups is 1. The number of benzene rings is 2. The summed E-state index contributed by atoms with van der Waals surface area (Å²) in [5, 5.41) is 24.0. The first-order valence-corrected chi connectivity index (χ1v) is 7.92. The molecule has 0 spiro atoms. The lowest BCUT2D eigenvalue weighted by Crippen LogP contribution is -2.09. The summed E-state index contributed by atoms with van der Waals surface area (Å²) in [5.41, 5.74) is 4.99. The Morgan fingerprint density at radius 3 is 2.71 bits per heavy atom. The van der Waals surface area contributed by atoms with Gasteiger partial charge in [0.05, 0.1) is 16.8 Å². The van der Waals surface area contributed by atoms with Crippen molar-refractivity contribution in [3.05, 3.63) is 45.4 Å². The highest BCUT2D eigenvalue weighted by molar-refractivity contribution is 6.39. The predicted octanol–water partition coefficient (Wildman–Crippen LogP) is 3.57. The number of ether oxygens (including phenoxy) is 2. The van der Waals surface area contributed by atoms with Crippen molar-refractivity contribution in [2.75, 3.05) is 6.79 Å². The van der Waals surface area contributed by atoms with E-state index in [1.165, 1.54) is 6.07 Å². The number of hydrogen-bond donors (Lipinski definition) is 3. The second-order valence-corrected chi connectivity index (χ2v) is 6.26. The normalized spacial score (nSPS) is 18.4. The molecule has 2 aliphatic rings. The van der Waals surface area contributed by atoms with Crippen LogP contribution in [0.15, 0.2) is 29.4 Å². The van der Waals surface area contributed by atoms with Gasteiger partial charge in [0.2, 0.25) is 6.79 Å². The van der Waals surface area contributed by atoms with Gasteiger partial charge in [-0.25, -0.2) is 0 Å². The maximum Gasteiger partial charge on any atom is 0.231 e. The lowest BCUT2D eigenvalue weighted by Gasteiger charge is -2.12. The monoisotopic (exact) mass is 366 g/mol.